The lowest BCUT2D eigenvalue weighted by atomic mass is 9.86. The van der Waals surface area contributed by atoms with Crippen molar-refractivity contribution in [2.24, 2.45) is 0 Å². The molecule has 1 aromatic carbocycles. The first-order chi connectivity index (χ1) is 7.72. The number of hydrogen-bond acceptors (Lipinski definition) is 1. The van der Waals surface area contributed by atoms with Crippen LogP contribution < -0.4 is 0 Å². The smallest absolute Gasteiger partial charge is 0.366 e. The van der Waals surface area contributed by atoms with Crippen LogP contribution in [0.15, 0.2) is 24.8 Å². The van der Waals surface area contributed by atoms with Gasteiger partial charge in [-0.25, -0.2) is 0 Å². The molecule has 1 aliphatic heterocycles. The van der Waals surface area contributed by atoms with Crippen LogP contribution in [0.4, 0.5) is 13.2 Å². The van der Waals surface area contributed by atoms with Gasteiger partial charge in [-0.2, -0.15) is 13.2 Å². The molecule has 92 valence electrons. The first-order valence-electron chi connectivity index (χ1n) is 5.25. The molecule has 0 unspecified atom stereocenters. The Morgan fingerprint density at radius 2 is 1.94 bits per heavy atom. The summed E-state index contributed by atoms with van der Waals surface area (Å²) < 4.78 is 43.4. The van der Waals surface area contributed by atoms with Crippen LogP contribution in [0.1, 0.15) is 30.5 Å². The second-order valence-electron chi connectivity index (χ2n) is 4.66. The fourth-order valence-corrected chi connectivity index (χ4v) is 1.95. The largest absolute Gasteiger partial charge is 0.416 e. The molecule has 0 aliphatic carbocycles. The molecule has 0 aromatic heterocycles. The van der Waals surface area contributed by atoms with Crippen molar-refractivity contribution >= 4 is 5.57 Å². The normalized spacial score (nSPS) is 19.0. The average molecular weight is 242 g/mol. The van der Waals surface area contributed by atoms with Gasteiger partial charge in [-0.15, -0.1) is 0 Å². The van der Waals surface area contributed by atoms with E-state index in [-0.39, 0.29) is 0 Å². The summed E-state index contributed by atoms with van der Waals surface area (Å²) in [6.45, 7) is 7.68. The summed E-state index contributed by atoms with van der Waals surface area (Å²) in [7, 11) is 0. The van der Waals surface area contributed by atoms with E-state index >= 15 is 0 Å². The molecule has 0 bridgehead atoms. The van der Waals surface area contributed by atoms with Crippen LogP contribution in [-0.2, 0) is 16.5 Å². The van der Waals surface area contributed by atoms with E-state index in [0.29, 0.717) is 17.7 Å². The molecular weight excluding hydrogens is 229 g/mol. The van der Waals surface area contributed by atoms with Crippen molar-refractivity contribution in [3.63, 3.8) is 0 Å². The van der Waals surface area contributed by atoms with Gasteiger partial charge >= 0.3 is 6.18 Å². The zero-order valence-corrected chi connectivity index (χ0v) is 9.69. The molecule has 4 heteroatoms. The predicted molar refractivity (Wildman–Crippen MR) is 59.5 cm³/mol. The third kappa shape index (κ3) is 2.09. The van der Waals surface area contributed by atoms with Gasteiger partial charge in [-0.3, -0.25) is 0 Å². The topological polar surface area (TPSA) is 9.23 Å². The maximum absolute atomic E-state index is 12.6. The maximum Gasteiger partial charge on any atom is 0.416 e. The molecule has 0 amide bonds. The number of benzene rings is 1. The summed E-state index contributed by atoms with van der Waals surface area (Å²) in [5, 5.41) is 0. The van der Waals surface area contributed by atoms with Gasteiger partial charge in [-0.05, 0) is 42.7 Å². The summed E-state index contributed by atoms with van der Waals surface area (Å²) in [5.74, 6) is 0. The Hall–Kier alpha value is -1.29. The van der Waals surface area contributed by atoms with Crippen LogP contribution in [-0.4, -0.2) is 6.61 Å². The van der Waals surface area contributed by atoms with E-state index in [0.717, 1.165) is 17.7 Å². The van der Waals surface area contributed by atoms with Gasteiger partial charge in [-0.1, -0.05) is 12.6 Å². The molecule has 1 aromatic rings. The standard InChI is InChI=1S/C13H13F3O/c1-8-7-17-12(2,3)11-6-9(13(14,15)16)4-5-10(8)11/h4-6H,1,7H2,2-3H3. The van der Waals surface area contributed by atoms with E-state index < -0.39 is 17.3 Å². The van der Waals surface area contributed by atoms with Gasteiger partial charge in [0.15, 0.2) is 0 Å². The van der Waals surface area contributed by atoms with E-state index in [1.807, 2.05) is 0 Å². The number of rotatable bonds is 0. The maximum atomic E-state index is 12.6. The van der Waals surface area contributed by atoms with Crippen LogP contribution in [0.5, 0.6) is 0 Å². The van der Waals surface area contributed by atoms with Crippen LogP contribution in [0.3, 0.4) is 0 Å². The third-order valence-electron chi connectivity index (χ3n) is 2.98. The highest BCUT2D eigenvalue weighted by Crippen LogP contribution is 2.40. The third-order valence-corrected chi connectivity index (χ3v) is 2.98. The SMILES string of the molecule is C=C1COC(C)(C)c2cc(C(F)(F)F)ccc21. The minimum atomic E-state index is -4.33. The Morgan fingerprint density at radius 3 is 2.53 bits per heavy atom. The Balaban J connectivity index is 2.60. The number of alkyl halides is 3. The Kier molecular flexibility index (Phi) is 2.58. The van der Waals surface area contributed by atoms with Crippen molar-refractivity contribution in [3.05, 3.63) is 41.5 Å². The first-order valence-corrected chi connectivity index (χ1v) is 5.25. The highest BCUT2D eigenvalue weighted by molar-refractivity contribution is 5.70. The number of halogens is 3. The first kappa shape index (κ1) is 12.2. The zero-order chi connectivity index (χ0) is 12.8. The van der Waals surface area contributed by atoms with Crippen molar-refractivity contribution in [3.8, 4) is 0 Å². The molecule has 1 nitrogen and oxygen atoms in total. The lowest BCUT2D eigenvalue weighted by molar-refractivity contribution is -0.137. The van der Waals surface area contributed by atoms with Crippen molar-refractivity contribution in [1.29, 1.82) is 0 Å². The number of fused-ring (bicyclic) bond motifs is 1. The summed E-state index contributed by atoms with van der Waals surface area (Å²) in [6.07, 6.45) is -4.33. The van der Waals surface area contributed by atoms with Gasteiger partial charge in [0, 0.05) is 0 Å². The van der Waals surface area contributed by atoms with Crippen molar-refractivity contribution in [2.75, 3.05) is 6.61 Å². The monoisotopic (exact) mass is 242 g/mol. The summed E-state index contributed by atoms with van der Waals surface area (Å²) in [4.78, 5) is 0. The van der Waals surface area contributed by atoms with E-state index in [4.69, 9.17) is 4.74 Å². The molecular formula is C13H13F3O. The van der Waals surface area contributed by atoms with Crippen LogP contribution >= 0.6 is 0 Å². The molecule has 0 atom stereocenters. The lowest BCUT2D eigenvalue weighted by Gasteiger charge is -2.34. The Labute approximate surface area is 97.9 Å². The van der Waals surface area contributed by atoms with Gasteiger partial charge < -0.3 is 4.74 Å². The minimum Gasteiger partial charge on any atom is -0.366 e. The van der Waals surface area contributed by atoms with E-state index in [1.54, 1.807) is 13.8 Å². The number of hydrogen-bond donors (Lipinski definition) is 0. The molecule has 0 radical (unpaired) electrons. The molecule has 1 aliphatic rings. The lowest BCUT2D eigenvalue weighted by Crippen LogP contribution is -2.29. The molecule has 2 rings (SSSR count). The molecule has 1 heterocycles. The van der Waals surface area contributed by atoms with Gasteiger partial charge in [0.2, 0.25) is 0 Å². The molecule has 0 saturated carbocycles. The number of ether oxygens (including phenoxy) is 1. The highest BCUT2D eigenvalue weighted by Gasteiger charge is 2.35. The van der Waals surface area contributed by atoms with Gasteiger partial charge in [0.25, 0.3) is 0 Å². The minimum absolute atomic E-state index is 0.353. The molecule has 0 saturated heterocycles. The van der Waals surface area contributed by atoms with Crippen molar-refractivity contribution in [2.45, 2.75) is 25.6 Å². The van der Waals surface area contributed by atoms with Crippen LogP contribution in [0, 0.1) is 0 Å². The van der Waals surface area contributed by atoms with Crippen LogP contribution in [0.2, 0.25) is 0 Å². The summed E-state index contributed by atoms with van der Waals surface area (Å²) >= 11 is 0. The van der Waals surface area contributed by atoms with Crippen molar-refractivity contribution in [1.82, 2.24) is 0 Å². The van der Waals surface area contributed by atoms with Gasteiger partial charge in [0.1, 0.15) is 0 Å². The predicted octanol–water partition coefficient (Wildman–Crippen LogP) is 3.98. The Morgan fingerprint density at radius 1 is 1.29 bits per heavy atom. The quantitative estimate of drug-likeness (QED) is 0.668. The second kappa shape index (κ2) is 3.60. The van der Waals surface area contributed by atoms with Crippen LogP contribution in [0.25, 0.3) is 5.57 Å². The van der Waals surface area contributed by atoms with E-state index in [1.165, 1.54) is 6.07 Å². The van der Waals surface area contributed by atoms with E-state index in [2.05, 4.69) is 6.58 Å². The molecule has 0 spiro atoms. The second-order valence-corrected chi connectivity index (χ2v) is 4.66. The average Bonchev–Trinajstić information content (AvgIpc) is 2.22. The van der Waals surface area contributed by atoms with Gasteiger partial charge in [0.05, 0.1) is 17.8 Å². The fourth-order valence-electron chi connectivity index (χ4n) is 1.95. The molecule has 0 fully saturated rings. The molecule has 17 heavy (non-hydrogen) atoms. The van der Waals surface area contributed by atoms with E-state index in [9.17, 15) is 13.2 Å². The fraction of sp³-hybridized carbons (Fsp3) is 0.385. The summed E-state index contributed by atoms with van der Waals surface area (Å²) in [6, 6.07) is 3.72. The molecule has 0 N–H and O–H groups in total. The summed E-state index contributed by atoms with van der Waals surface area (Å²) in [5.41, 5.74) is 0.658. The zero-order valence-electron chi connectivity index (χ0n) is 9.69. The highest BCUT2D eigenvalue weighted by atomic mass is 19.4. The Bertz CT molecular complexity index is 472. The van der Waals surface area contributed by atoms with Crippen molar-refractivity contribution < 1.29 is 17.9 Å².